The van der Waals surface area contributed by atoms with Crippen molar-refractivity contribution in [1.82, 2.24) is 9.97 Å². The van der Waals surface area contributed by atoms with Gasteiger partial charge in [0.2, 0.25) is 0 Å². The van der Waals surface area contributed by atoms with Crippen molar-refractivity contribution in [3.05, 3.63) is 64.0 Å². The number of nitrogens with zero attached hydrogens (tertiary/aromatic N) is 2. The van der Waals surface area contributed by atoms with Crippen molar-refractivity contribution >= 4 is 22.6 Å². The van der Waals surface area contributed by atoms with E-state index in [0.29, 0.717) is 11.3 Å². The molecule has 0 unspecified atom stereocenters. The molecule has 0 fully saturated rings. The Morgan fingerprint density at radius 3 is 2.68 bits per heavy atom. The number of hydrogen-bond acceptors (Lipinski definition) is 5. The Kier molecular flexibility index (Phi) is 3.42. The summed E-state index contributed by atoms with van der Waals surface area (Å²) >= 11 is 0. The number of benzene rings is 1. The first-order chi connectivity index (χ1) is 10.5. The molecular weight excluding hydrogens is 282 g/mol. The Morgan fingerprint density at radius 2 is 1.95 bits per heavy atom. The predicted molar refractivity (Wildman–Crippen MR) is 81.9 cm³/mol. The van der Waals surface area contributed by atoms with Crippen LogP contribution in [0.15, 0.2) is 45.9 Å². The first-order valence-electron chi connectivity index (χ1n) is 6.67. The van der Waals surface area contributed by atoms with Gasteiger partial charge in [0.25, 0.3) is 5.91 Å². The molecule has 0 aliphatic rings. The lowest BCUT2D eigenvalue weighted by Gasteiger charge is -2.06. The van der Waals surface area contributed by atoms with Crippen LogP contribution in [-0.2, 0) is 0 Å². The van der Waals surface area contributed by atoms with Crippen molar-refractivity contribution in [2.24, 2.45) is 0 Å². The number of aromatic nitrogens is 2. The first-order valence-corrected chi connectivity index (χ1v) is 6.67. The maximum Gasteiger partial charge on any atom is 0.336 e. The highest BCUT2D eigenvalue weighted by Gasteiger charge is 2.09. The molecule has 0 saturated carbocycles. The van der Waals surface area contributed by atoms with Crippen LogP contribution in [0.4, 0.5) is 5.69 Å². The van der Waals surface area contributed by atoms with Crippen molar-refractivity contribution in [2.45, 2.75) is 13.8 Å². The van der Waals surface area contributed by atoms with Gasteiger partial charge in [0.15, 0.2) is 0 Å². The summed E-state index contributed by atoms with van der Waals surface area (Å²) in [6.07, 6.45) is 2.94. The normalized spacial score (nSPS) is 10.6. The van der Waals surface area contributed by atoms with Crippen LogP contribution in [0.1, 0.15) is 21.7 Å². The fraction of sp³-hybridized carbons (Fsp3) is 0.125. The van der Waals surface area contributed by atoms with E-state index in [0.717, 1.165) is 16.6 Å². The molecule has 0 radical (unpaired) electrons. The third kappa shape index (κ3) is 2.71. The van der Waals surface area contributed by atoms with Gasteiger partial charge in [0.1, 0.15) is 11.3 Å². The van der Waals surface area contributed by atoms with Crippen molar-refractivity contribution in [2.75, 3.05) is 5.32 Å². The summed E-state index contributed by atoms with van der Waals surface area (Å²) < 4.78 is 5.15. The van der Waals surface area contributed by atoms with Gasteiger partial charge >= 0.3 is 5.63 Å². The van der Waals surface area contributed by atoms with Gasteiger partial charge in [0, 0.05) is 29.4 Å². The molecule has 6 heteroatoms. The number of nitrogens with one attached hydrogen (secondary N) is 1. The highest BCUT2D eigenvalue weighted by molar-refractivity contribution is 6.03. The van der Waals surface area contributed by atoms with Gasteiger partial charge in [-0.15, -0.1) is 0 Å². The van der Waals surface area contributed by atoms with Crippen LogP contribution in [0.5, 0.6) is 0 Å². The van der Waals surface area contributed by atoms with Crippen molar-refractivity contribution in [3.8, 4) is 0 Å². The Labute approximate surface area is 125 Å². The molecule has 1 amide bonds. The predicted octanol–water partition coefficient (Wildman–Crippen LogP) is 2.45. The van der Waals surface area contributed by atoms with E-state index in [9.17, 15) is 9.59 Å². The molecule has 3 aromatic rings. The minimum Gasteiger partial charge on any atom is -0.423 e. The quantitative estimate of drug-likeness (QED) is 0.734. The molecule has 0 atom stereocenters. The van der Waals surface area contributed by atoms with Crippen molar-refractivity contribution in [1.29, 1.82) is 0 Å². The third-order valence-corrected chi connectivity index (χ3v) is 3.22. The highest BCUT2D eigenvalue weighted by atomic mass is 16.4. The summed E-state index contributed by atoms with van der Waals surface area (Å²) in [6.45, 7) is 3.63. The summed E-state index contributed by atoms with van der Waals surface area (Å²) in [5, 5.41) is 3.53. The van der Waals surface area contributed by atoms with Crippen LogP contribution in [0.3, 0.4) is 0 Å². The summed E-state index contributed by atoms with van der Waals surface area (Å²) in [7, 11) is 0. The van der Waals surface area contributed by atoms with E-state index in [2.05, 4.69) is 15.3 Å². The Bertz CT molecular complexity index is 914. The largest absolute Gasteiger partial charge is 0.423 e. The van der Waals surface area contributed by atoms with Crippen LogP contribution in [-0.4, -0.2) is 15.9 Å². The second-order valence-electron chi connectivity index (χ2n) is 4.96. The fourth-order valence-corrected chi connectivity index (χ4v) is 2.11. The molecule has 0 bridgehead atoms. The summed E-state index contributed by atoms with van der Waals surface area (Å²) in [5.41, 5.74) is 2.31. The lowest BCUT2D eigenvalue weighted by atomic mass is 10.1. The second-order valence-corrected chi connectivity index (χ2v) is 4.96. The summed E-state index contributed by atoms with van der Waals surface area (Å²) in [4.78, 5) is 31.6. The van der Waals surface area contributed by atoms with Gasteiger partial charge in [-0.1, -0.05) is 0 Å². The SMILES string of the molecule is Cc1cnc(C(=O)Nc2ccc3c(C)cc(=O)oc3c2)cn1. The number of fused-ring (bicyclic) bond motifs is 1. The van der Waals surface area contributed by atoms with E-state index >= 15 is 0 Å². The number of anilines is 1. The maximum absolute atomic E-state index is 12.1. The van der Waals surface area contributed by atoms with Gasteiger partial charge in [-0.05, 0) is 31.5 Å². The Morgan fingerprint density at radius 1 is 1.14 bits per heavy atom. The smallest absolute Gasteiger partial charge is 0.336 e. The van der Waals surface area contributed by atoms with E-state index in [1.54, 1.807) is 25.1 Å². The molecule has 0 aliphatic heterocycles. The number of amides is 1. The van der Waals surface area contributed by atoms with Gasteiger partial charge in [-0.3, -0.25) is 9.78 Å². The summed E-state index contributed by atoms with van der Waals surface area (Å²) in [5.74, 6) is -0.373. The van der Waals surface area contributed by atoms with E-state index < -0.39 is 5.63 Å². The van der Waals surface area contributed by atoms with Crippen molar-refractivity contribution < 1.29 is 9.21 Å². The monoisotopic (exact) mass is 295 g/mol. The van der Waals surface area contributed by atoms with E-state index in [1.165, 1.54) is 18.5 Å². The first kappa shape index (κ1) is 13.9. The second kappa shape index (κ2) is 5.40. The molecule has 1 aromatic carbocycles. The standard InChI is InChI=1S/C16H13N3O3/c1-9-5-15(20)22-14-6-11(3-4-12(9)14)19-16(21)13-8-17-10(2)7-18-13/h3-8H,1-2H3,(H,19,21). The van der Waals surface area contributed by atoms with Crippen LogP contribution >= 0.6 is 0 Å². The third-order valence-electron chi connectivity index (χ3n) is 3.22. The molecule has 0 saturated heterocycles. The maximum atomic E-state index is 12.1. The van der Waals surface area contributed by atoms with Crippen LogP contribution in [0.2, 0.25) is 0 Å². The highest BCUT2D eigenvalue weighted by Crippen LogP contribution is 2.21. The van der Waals surface area contributed by atoms with Gasteiger partial charge < -0.3 is 9.73 Å². The van der Waals surface area contributed by atoms with E-state index in [4.69, 9.17) is 4.42 Å². The zero-order valence-corrected chi connectivity index (χ0v) is 12.1. The average molecular weight is 295 g/mol. The van der Waals surface area contributed by atoms with Crippen LogP contribution in [0.25, 0.3) is 11.0 Å². The van der Waals surface area contributed by atoms with Gasteiger partial charge in [-0.2, -0.15) is 0 Å². The molecular formula is C16H13N3O3. The molecule has 0 aliphatic carbocycles. The molecule has 6 nitrogen and oxygen atoms in total. The average Bonchev–Trinajstić information content (AvgIpc) is 2.47. The Hall–Kier alpha value is -3.02. The van der Waals surface area contributed by atoms with Crippen LogP contribution < -0.4 is 10.9 Å². The zero-order chi connectivity index (χ0) is 15.7. The number of carbonyl (C=O) groups is 1. The molecule has 1 N–H and O–H groups in total. The molecule has 110 valence electrons. The Balaban J connectivity index is 1.92. The zero-order valence-electron chi connectivity index (χ0n) is 12.1. The lowest BCUT2D eigenvalue weighted by Crippen LogP contribution is -2.14. The van der Waals surface area contributed by atoms with Gasteiger partial charge in [-0.25, -0.2) is 9.78 Å². The van der Waals surface area contributed by atoms with Gasteiger partial charge in [0.05, 0.1) is 11.9 Å². The molecule has 3 rings (SSSR count). The molecule has 2 heterocycles. The van der Waals surface area contributed by atoms with Crippen LogP contribution in [0, 0.1) is 13.8 Å². The van der Waals surface area contributed by atoms with E-state index in [1.807, 2.05) is 6.92 Å². The molecule has 0 spiro atoms. The number of hydrogen-bond donors (Lipinski definition) is 1. The number of aryl methyl sites for hydroxylation is 2. The van der Waals surface area contributed by atoms with Crippen molar-refractivity contribution in [3.63, 3.8) is 0 Å². The topological polar surface area (TPSA) is 85.1 Å². The minimum atomic E-state index is -0.419. The molecule has 2 aromatic heterocycles. The number of carbonyl (C=O) groups excluding carboxylic acids is 1. The number of rotatable bonds is 2. The minimum absolute atomic E-state index is 0.219. The lowest BCUT2D eigenvalue weighted by molar-refractivity contribution is 0.102. The van der Waals surface area contributed by atoms with E-state index in [-0.39, 0.29) is 11.6 Å². The summed E-state index contributed by atoms with van der Waals surface area (Å²) in [6, 6.07) is 6.59. The fourth-order valence-electron chi connectivity index (χ4n) is 2.11. The molecule has 22 heavy (non-hydrogen) atoms.